The maximum Gasteiger partial charge on any atom is 0.0722 e. The van der Waals surface area contributed by atoms with Gasteiger partial charge in [-0.05, 0) is 38.4 Å². The van der Waals surface area contributed by atoms with E-state index in [1.54, 1.807) is 0 Å². The normalized spacial score (nSPS) is 20.9. The third-order valence-corrected chi connectivity index (χ3v) is 3.78. The van der Waals surface area contributed by atoms with Crippen LogP contribution >= 0.6 is 0 Å². The molecular weight excluding hydrogens is 250 g/mol. The summed E-state index contributed by atoms with van der Waals surface area (Å²) >= 11 is 0. The van der Waals surface area contributed by atoms with Crippen LogP contribution in [0, 0.1) is 0 Å². The van der Waals surface area contributed by atoms with Crippen LogP contribution in [-0.2, 0) is 4.74 Å². The van der Waals surface area contributed by atoms with E-state index >= 15 is 0 Å². The van der Waals surface area contributed by atoms with Gasteiger partial charge in [0.2, 0.25) is 0 Å². The molecule has 2 unspecified atom stereocenters. The van der Waals surface area contributed by atoms with E-state index in [1.807, 2.05) is 6.20 Å². The lowest BCUT2D eigenvalue weighted by Gasteiger charge is -2.32. The number of nitrogens with zero attached hydrogens (tertiary/aromatic N) is 2. The second-order valence-electron chi connectivity index (χ2n) is 5.48. The Balaban J connectivity index is 2.01. The highest BCUT2D eigenvalue weighted by Crippen LogP contribution is 2.20. The van der Waals surface area contributed by atoms with Gasteiger partial charge in [-0.1, -0.05) is 13.8 Å². The van der Waals surface area contributed by atoms with Crippen molar-refractivity contribution < 1.29 is 4.74 Å². The highest BCUT2D eigenvalue weighted by Gasteiger charge is 2.17. The molecule has 0 aromatic carbocycles. The van der Waals surface area contributed by atoms with Gasteiger partial charge in [0.15, 0.2) is 0 Å². The third kappa shape index (κ3) is 3.93. The molecule has 4 heteroatoms. The largest absolute Gasteiger partial charge is 0.375 e. The van der Waals surface area contributed by atoms with Gasteiger partial charge in [-0.25, -0.2) is 0 Å². The van der Waals surface area contributed by atoms with Crippen molar-refractivity contribution in [1.29, 1.82) is 0 Å². The maximum absolute atomic E-state index is 5.58. The topological polar surface area (TPSA) is 37.4 Å². The molecule has 0 aliphatic carbocycles. The smallest absolute Gasteiger partial charge is 0.0722 e. The van der Waals surface area contributed by atoms with E-state index in [9.17, 15) is 0 Å². The fourth-order valence-electron chi connectivity index (χ4n) is 2.62. The summed E-state index contributed by atoms with van der Waals surface area (Å²) < 4.78 is 5.58. The molecule has 1 N–H and O–H groups in total. The Morgan fingerprint density at radius 2 is 2.30 bits per heavy atom. The van der Waals surface area contributed by atoms with Crippen LogP contribution in [0.2, 0.25) is 0 Å². The van der Waals surface area contributed by atoms with Crippen LogP contribution in [0.15, 0.2) is 18.3 Å². The molecule has 20 heavy (non-hydrogen) atoms. The van der Waals surface area contributed by atoms with Crippen molar-refractivity contribution in [2.45, 2.75) is 45.8 Å². The Bertz CT molecular complexity index is 393. The van der Waals surface area contributed by atoms with E-state index in [0.29, 0.717) is 12.1 Å². The van der Waals surface area contributed by atoms with E-state index in [0.717, 1.165) is 44.8 Å². The van der Waals surface area contributed by atoms with E-state index in [1.165, 1.54) is 5.69 Å². The minimum Gasteiger partial charge on any atom is -0.375 e. The number of hydrogen-bond donors (Lipinski definition) is 1. The van der Waals surface area contributed by atoms with Crippen LogP contribution in [0.3, 0.4) is 0 Å². The van der Waals surface area contributed by atoms with Gasteiger partial charge >= 0.3 is 0 Å². The lowest BCUT2D eigenvalue weighted by Crippen LogP contribution is -2.41. The number of aromatic nitrogens is 1. The van der Waals surface area contributed by atoms with Crippen LogP contribution in [0.1, 0.15) is 45.3 Å². The molecule has 0 spiro atoms. The van der Waals surface area contributed by atoms with Crippen LogP contribution in [0.5, 0.6) is 0 Å². The molecule has 2 atom stereocenters. The molecule has 112 valence electrons. The SMILES string of the molecule is CCCNC(CC)c1ccc(N2CCOC(C)C2)cn1. The number of ether oxygens (including phenoxy) is 1. The van der Waals surface area contributed by atoms with E-state index in [4.69, 9.17) is 4.74 Å². The van der Waals surface area contributed by atoms with Crippen molar-refractivity contribution >= 4 is 5.69 Å². The van der Waals surface area contributed by atoms with Gasteiger partial charge in [-0.15, -0.1) is 0 Å². The molecule has 2 rings (SSSR count). The quantitative estimate of drug-likeness (QED) is 0.867. The number of hydrogen-bond acceptors (Lipinski definition) is 4. The van der Waals surface area contributed by atoms with Crippen molar-refractivity contribution in [2.75, 3.05) is 31.1 Å². The van der Waals surface area contributed by atoms with Crippen molar-refractivity contribution in [3.05, 3.63) is 24.0 Å². The third-order valence-electron chi connectivity index (χ3n) is 3.78. The fourth-order valence-corrected chi connectivity index (χ4v) is 2.62. The lowest BCUT2D eigenvalue weighted by molar-refractivity contribution is 0.0532. The standard InChI is InChI=1S/C16H27N3O/c1-4-8-17-15(5-2)16-7-6-14(11-18-16)19-9-10-20-13(3)12-19/h6-7,11,13,15,17H,4-5,8-10,12H2,1-3H3. The second kappa shape index (κ2) is 7.60. The monoisotopic (exact) mass is 277 g/mol. The van der Waals surface area contributed by atoms with Gasteiger partial charge in [0, 0.05) is 19.1 Å². The molecule has 0 radical (unpaired) electrons. The molecular formula is C16H27N3O. The van der Waals surface area contributed by atoms with Crippen molar-refractivity contribution in [1.82, 2.24) is 10.3 Å². The first-order valence-corrected chi connectivity index (χ1v) is 7.80. The lowest BCUT2D eigenvalue weighted by atomic mass is 10.1. The summed E-state index contributed by atoms with van der Waals surface area (Å²) in [5.74, 6) is 0. The minimum atomic E-state index is 0.304. The summed E-state index contributed by atoms with van der Waals surface area (Å²) in [6.45, 7) is 10.3. The van der Waals surface area contributed by atoms with Crippen molar-refractivity contribution in [2.24, 2.45) is 0 Å². The Labute approximate surface area is 122 Å². The zero-order chi connectivity index (χ0) is 14.4. The first kappa shape index (κ1) is 15.3. The molecule has 1 aliphatic heterocycles. The summed E-state index contributed by atoms with van der Waals surface area (Å²) in [5, 5.41) is 3.55. The van der Waals surface area contributed by atoms with Crippen molar-refractivity contribution in [3.63, 3.8) is 0 Å². The zero-order valence-corrected chi connectivity index (χ0v) is 12.9. The maximum atomic E-state index is 5.58. The van der Waals surface area contributed by atoms with Crippen LogP contribution < -0.4 is 10.2 Å². The first-order valence-electron chi connectivity index (χ1n) is 7.80. The van der Waals surface area contributed by atoms with Crippen LogP contribution in [0.4, 0.5) is 5.69 Å². The number of morpholine rings is 1. The summed E-state index contributed by atoms with van der Waals surface area (Å²) in [7, 11) is 0. The minimum absolute atomic E-state index is 0.304. The molecule has 0 bridgehead atoms. The average Bonchev–Trinajstić information content (AvgIpc) is 2.49. The predicted molar refractivity (Wildman–Crippen MR) is 83.2 cm³/mol. The summed E-state index contributed by atoms with van der Waals surface area (Å²) in [4.78, 5) is 7.01. The van der Waals surface area contributed by atoms with E-state index < -0.39 is 0 Å². The Kier molecular flexibility index (Phi) is 5.80. The zero-order valence-electron chi connectivity index (χ0n) is 12.9. The molecule has 1 saturated heterocycles. The molecule has 1 aromatic heterocycles. The molecule has 1 aromatic rings. The van der Waals surface area contributed by atoms with Gasteiger partial charge in [-0.2, -0.15) is 0 Å². The molecule has 0 amide bonds. The number of anilines is 1. The van der Waals surface area contributed by atoms with E-state index in [2.05, 4.69) is 48.1 Å². The molecule has 0 saturated carbocycles. The molecule has 1 fully saturated rings. The molecule has 4 nitrogen and oxygen atoms in total. The molecule has 2 heterocycles. The first-order chi connectivity index (χ1) is 9.74. The Morgan fingerprint density at radius 3 is 2.90 bits per heavy atom. The van der Waals surface area contributed by atoms with Gasteiger partial charge in [-0.3, -0.25) is 4.98 Å². The predicted octanol–water partition coefficient (Wildman–Crippen LogP) is 2.76. The number of nitrogens with one attached hydrogen (secondary N) is 1. The average molecular weight is 277 g/mol. The highest BCUT2D eigenvalue weighted by molar-refractivity contribution is 5.45. The Hall–Kier alpha value is -1.13. The van der Waals surface area contributed by atoms with Gasteiger partial charge in [0.1, 0.15) is 0 Å². The highest BCUT2D eigenvalue weighted by atomic mass is 16.5. The van der Waals surface area contributed by atoms with Gasteiger partial charge < -0.3 is 15.0 Å². The second-order valence-corrected chi connectivity index (χ2v) is 5.48. The summed E-state index contributed by atoms with van der Waals surface area (Å²) in [5.41, 5.74) is 2.35. The number of pyridine rings is 1. The fraction of sp³-hybridized carbons (Fsp3) is 0.688. The van der Waals surface area contributed by atoms with Gasteiger partial charge in [0.05, 0.1) is 30.3 Å². The van der Waals surface area contributed by atoms with Gasteiger partial charge in [0.25, 0.3) is 0 Å². The van der Waals surface area contributed by atoms with Crippen LogP contribution in [0.25, 0.3) is 0 Å². The van der Waals surface area contributed by atoms with Crippen LogP contribution in [-0.4, -0.2) is 37.3 Å². The molecule has 1 aliphatic rings. The number of rotatable bonds is 6. The summed E-state index contributed by atoms with van der Waals surface area (Å²) in [6.07, 6.45) is 4.53. The van der Waals surface area contributed by atoms with E-state index in [-0.39, 0.29) is 0 Å². The van der Waals surface area contributed by atoms with Crippen molar-refractivity contribution in [3.8, 4) is 0 Å². The summed E-state index contributed by atoms with van der Waals surface area (Å²) in [6, 6.07) is 4.72. The Morgan fingerprint density at radius 1 is 1.45 bits per heavy atom.